The lowest BCUT2D eigenvalue weighted by atomic mass is 10.2. The Morgan fingerprint density at radius 3 is 2.68 bits per heavy atom. The van der Waals surface area contributed by atoms with Gasteiger partial charge in [0.05, 0.1) is 7.11 Å². The Morgan fingerprint density at radius 2 is 2.00 bits per heavy atom. The largest absolute Gasteiger partial charge is 0.481 e. The lowest BCUT2D eigenvalue weighted by Gasteiger charge is -2.08. The summed E-state index contributed by atoms with van der Waals surface area (Å²) in [6.45, 7) is 0. The molecule has 2 aromatic rings. The lowest BCUT2D eigenvalue weighted by molar-refractivity contribution is 0.0694. The first-order valence-electron chi connectivity index (χ1n) is 5.32. The second kappa shape index (κ2) is 5.34. The molecule has 1 N–H and O–H groups in total. The van der Waals surface area contributed by atoms with E-state index >= 15 is 0 Å². The number of aromatic carboxylic acids is 1. The molecule has 6 heteroatoms. The van der Waals surface area contributed by atoms with Crippen LogP contribution in [0.15, 0.2) is 36.4 Å². The van der Waals surface area contributed by atoms with E-state index < -0.39 is 11.8 Å². The van der Waals surface area contributed by atoms with Crippen molar-refractivity contribution in [1.29, 1.82) is 0 Å². The second-order valence-corrected chi connectivity index (χ2v) is 3.57. The minimum Gasteiger partial charge on any atom is -0.481 e. The highest BCUT2D eigenvalue weighted by Crippen LogP contribution is 2.26. The molecule has 5 nitrogen and oxygen atoms in total. The Bertz CT molecular complexity index is 615. The molecule has 1 aromatic carbocycles. The van der Waals surface area contributed by atoms with Gasteiger partial charge in [0.1, 0.15) is 17.1 Å². The molecule has 0 atom stereocenters. The first kappa shape index (κ1) is 12.8. The van der Waals surface area contributed by atoms with E-state index in [0.29, 0.717) is 5.88 Å². The fourth-order valence-corrected chi connectivity index (χ4v) is 1.44. The number of carboxylic acids is 1. The molecule has 0 radical (unpaired) electrons. The van der Waals surface area contributed by atoms with Crippen LogP contribution in [-0.4, -0.2) is 23.2 Å². The molecule has 0 bridgehead atoms. The van der Waals surface area contributed by atoms with Crippen LogP contribution in [-0.2, 0) is 0 Å². The quantitative estimate of drug-likeness (QED) is 0.918. The summed E-state index contributed by atoms with van der Waals surface area (Å²) >= 11 is 0. The molecule has 98 valence electrons. The average molecular weight is 263 g/mol. The van der Waals surface area contributed by atoms with E-state index in [-0.39, 0.29) is 17.2 Å². The summed E-state index contributed by atoms with van der Waals surface area (Å²) in [6.07, 6.45) is 0. The van der Waals surface area contributed by atoms with Crippen LogP contribution in [0.25, 0.3) is 0 Å². The molecule has 0 saturated heterocycles. The molecule has 2 rings (SSSR count). The topological polar surface area (TPSA) is 68.7 Å². The molecule has 19 heavy (non-hydrogen) atoms. The van der Waals surface area contributed by atoms with Gasteiger partial charge >= 0.3 is 5.97 Å². The van der Waals surface area contributed by atoms with Gasteiger partial charge in [0, 0.05) is 18.2 Å². The molecule has 0 saturated carbocycles. The van der Waals surface area contributed by atoms with Crippen LogP contribution >= 0.6 is 0 Å². The number of rotatable bonds is 4. The highest BCUT2D eigenvalue weighted by molar-refractivity contribution is 5.90. The van der Waals surface area contributed by atoms with Gasteiger partial charge in [0.2, 0.25) is 11.8 Å². The predicted octanol–water partition coefficient (Wildman–Crippen LogP) is 2.72. The Kier molecular flexibility index (Phi) is 3.61. The van der Waals surface area contributed by atoms with Crippen LogP contribution in [0.5, 0.6) is 17.5 Å². The zero-order valence-electron chi connectivity index (χ0n) is 9.96. The van der Waals surface area contributed by atoms with E-state index in [1.165, 1.54) is 13.2 Å². The van der Waals surface area contributed by atoms with Crippen molar-refractivity contribution in [3.8, 4) is 17.5 Å². The van der Waals surface area contributed by atoms with Gasteiger partial charge < -0.3 is 14.6 Å². The third kappa shape index (κ3) is 2.98. The maximum atomic E-state index is 13.1. The monoisotopic (exact) mass is 263 g/mol. The van der Waals surface area contributed by atoms with Gasteiger partial charge in [-0.25, -0.2) is 9.18 Å². The van der Waals surface area contributed by atoms with Crippen LogP contribution in [0.1, 0.15) is 10.4 Å². The Labute approximate surface area is 108 Å². The average Bonchev–Trinajstić information content (AvgIpc) is 2.38. The maximum absolute atomic E-state index is 13.1. The zero-order chi connectivity index (χ0) is 13.8. The van der Waals surface area contributed by atoms with Crippen molar-refractivity contribution in [1.82, 2.24) is 4.98 Å². The molecule has 0 aliphatic rings. The van der Waals surface area contributed by atoms with E-state index in [1.54, 1.807) is 12.1 Å². The first-order valence-corrected chi connectivity index (χ1v) is 5.32. The van der Waals surface area contributed by atoms with Crippen LogP contribution in [0.2, 0.25) is 0 Å². The molecular formula is C13H10FNO4. The summed E-state index contributed by atoms with van der Waals surface area (Å²) in [6, 6.07) is 7.92. The smallest absolute Gasteiger partial charge is 0.339 e. The first-order chi connectivity index (χ1) is 9.10. The highest BCUT2D eigenvalue weighted by Gasteiger charge is 2.13. The molecule has 0 unspecified atom stereocenters. The molecule has 1 heterocycles. The normalized spacial score (nSPS) is 10.0. The van der Waals surface area contributed by atoms with Gasteiger partial charge in [-0.2, -0.15) is 4.98 Å². The molecule has 0 spiro atoms. The molecule has 0 fully saturated rings. The van der Waals surface area contributed by atoms with E-state index in [9.17, 15) is 9.18 Å². The molecule has 0 amide bonds. The number of carbonyl (C=O) groups is 1. The zero-order valence-corrected chi connectivity index (χ0v) is 9.96. The predicted molar refractivity (Wildman–Crippen MR) is 64.2 cm³/mol. The summed E-state index contributed by atoms with van der Waals surface area (Å²) in [5.41, 5.74) is -0.147. The Morgan fingerprint density at radius 1 is 1.26 bits per heavy atom. The third-order valence-corrected chi connectivity index (χ3v) is 2.30. The summed E-state index contributed by atoms with van der Waals surface area (Å²) < 4.78 is 23.3. The fraction of sp³-hybridized carbons (Fsp3) is 0.0769. The summed E-state index contributed by atoms with van der Waals surface area (Å²) in [4.78, 5) is 15.0. The van der Waals surface area contributed by atoms with Crippen LogP contribution in [0.3, 0.4) is 0 Å². The number of nitrogens with zero attached hydrogens (tertiary/aromatic N) is 1. The second-order valence-electron chi connectivity index (χ2n) is 3.57. The van der Waals surface area contributed by atoms with Crippen molar-refractivity contribution in [3.05, 3.63) is 47.8 Å². The van der Waals surface area contributed by atoms with Crippen molar-refractivity contribution >= 4 is 5.97 Å². The number of hydrogen-bond acceptors (Lipinski definition) is 4. The Hall–Kier alpha value is -2.63. The van der Waals surface area contributed by atoms with E-state index in [1.807, 2.05) is 0 Å². The van der Waals surface area contributed by atoms with Crippen molar-refractivity contribution in [3.63, 3.8) is 0 Å². The number of ether oxygens (including phenoxy) is 2. The Balaban J connectivity index is 2.36. The number of halogens is 1. The highest BCUT2D eigenvalue weighted by atomic mass is 19.1. The van der Waals surface area contributed by atoms with Crippen molar-refractivity contribution in [2.75, 3.05) is 7.11 Å². The van der Waals surface area contributed by atoms with Crippen molar-refractivity contribution in [2.45, 2.75) is 0 Å². The maximum Gasteiger partial charge on any atom is 0.339 e. The number of hydrogen-bond donors (Lipinski definition) is 1. The van der Waals surface area contributed by atoms with Gasteiger partial charge in [-0.05, 0) is 12.1 Å². The van der Waals surface area contributed by atoms with Gasteiger partial charge in [0.15, 0.2) is 0 Å². The molecule has 0 aliphatic heterocycles. The SMILES string of the molecule is COc1cccc(Oc2cc(F)ccc2C(=O)O)n1. The number of carboxylic acid groups (broad SMARTS) is 1. The molecular weight excluding hydrogens is 253 g/mol. The van der Waals surface area contributed by atoms with Gasteiger partial charge in [0.25, 0.3) is 0 Å². The van der Waals surface area contributed by atoms with Crippen LogP contribution in [0, 0.1) is 5.82 Å². The standard InChI is InChI=1S/C13H10FNO4/c1-18-11-3-2-4-12(15-11)19-10-7-8(14)5-6-9(10)13(16)17/h2-7H,1H3,(H,16,17). The summed E-state index contributed by atoms with van der Waals surface area (Å²) in [5, 5.41) is 8.99. The molecule has 1 aromatic heterocycles. The number of aromatic nitrogens is 1. The minimum absolute atomic E-state index is 0.117. The third-order valence-electron chi connectivity index (χ3n) is 2.30. The number of benzene rings is 1. The molecule has 0 aliphatic carbocycles. The number of methoxy groups -OCH3 is 1. The number of pyridine rings is 1. The minimum atomic E-state index is -1.21. The van der Waals surface area contributed by atoms with E-state index in [2.05, 4.69) is 4.98 Å². The lowest BCUT2D eigenvalue weighted by Crippen LogP contribution is -2.01. The van der Waals surface area contributed by atoms with E-state index in [4.69, 9.17) is 14.6 Å². The van der Waals surface area contributed by atoms with Gasteiger partial charge in [-0.3, -0.25) is 0 Å². The van der Waals surface area contributed by atoms with Crippen molar-refractivity contribution in [2.24, 2.45) is 0 Å². The van der Waals surface area contributed by atoms with Crippen molar-refractivity contribution < 1.29 is 23.8 Å². The van der Waals surface area contributed by atoms with E-state index in [0.717, 1.165) is 18.2 Å². The van der Waals surface area contributed by atoms with Gasteiger partial charge in [-0.1, -0.05) is 6.07 Å². The van der Waals surface area contributed by atoms with Crippen LogP contribution in [0.4, 0.5) is 4.39 Å². The van der Waals surface area contributed by atoms with Gasteiger partial charge in [-0.15, -0.1) is 0 Å². The fourth-order valence-electron chi connectivity index (χ4n) is 1.44. The van der Waals surface area contributed by atoms with Crippen LogP contribution < -0.4 is 9.47 Å². The summed E-state index contributed by atoms with van der Waals surface area (Å²) in [7, 11) is 1.44. The summed E-state index contributed by atoms with van der Waals surface area (Å²) in [5.74, 6) is -1.49.